The van der Waals surface area contributed by atoms with E-state index in [0.717, 1.165) is 34.3 Å². The molecule has 2 fully saturated rings. The molecule has 3 unspecified atom stereocenters. The quantitative estimate of drug-likeness (QED) is 0.685. The van der Waals surface area contributed by atoms with Gasteiger partial charge in [0.1, 0.15) is 11.8 Å². The SMILES string of the molecule is COc1ccccc1C(=O)N1C(C(=O)NCc2ccc(Br)s2)CC2CCCCC21. The van der Waals surface area contributed by atoms with E-state index in [4.69, 9.17) is 4.74 Å². The number of nitrogens with zero attached hydrogens (tertiary/aromatic N) is 1. The van der Waals surface area contributed by atoms with Crippen molar-refractivity contribution in [3.8, 4) is 5.75 Å². The van der Waals surface area contributed by atoms with Gasteiger partial charge < -0.3 is 15.0 Å². The van der Waals surface area contributed by atoms with E-state index in [1.807, 2.05) is 29.2 Å². The van der Waals surface area contributed by atoms with Crippen molar-refractivity contribution in [1.29, 1.82) is 0 Å². The van der Waals surface area contributed by atoms with Gasteiger partial charge in [-0.15, -0.1) is 11.3 Å². The van der Waals surface area contributed by atoms with Gasteiger partial charge in [0.2, 0.25) is 5.91 Å². The molecule has 5 nitrogen and oxygen atoms in total. The van der Waals surface area contributed by atoms with Crippen molar-refractivity contribution < 1.29 is 14.3 Å². The first kappa shape index (κ1) is 20.4. The number of thiophene rings is 1. The highest BCUT2D eigenvalue weighted by atomic mass is 79.9. The molecule has 0 bridgehead atoms. The Balaban J connectivity index is 1.57. The molecule has 154 valence electrons. The van der Waals surface area contributed by atoms with Gasteiger partial charge in [-0.05, 0) is 65.4 Å². The molecule has 1 aromatic carbocycles. The molecule has 0 radical (unpaired) electrons. The average Bonchev–Trinajstić information content (AvgIpc) is 3.34. The van der Waals surface area contributed by atoms with E-state index >= 15 is 0 Å². The minimum Gasteiger partial charge on any atom is -0.496 e. The van der Waals surface area contributed by atoms with Crippen LogP contribution in [0.1, 0.15) is 47.3 Å². The minimum atomic E-state index is -0.427. The lowest BCUT2D eigenvalue weighted by atomic mass is 9.84. The predicted molar refractivity (Wildman–Crippen MR) is 117 cm³/mol. The van der Waals surface area contributed by atoms with Gasteiger partial charge in [0.05, 0.1) is 23.0 Å². The molecule has 1 N–H and O–H groups in total. The van der Waals surface area contributed by atoms with Gasteiger partial charge in [-0.3, -0.25) is 9.59 Å². The molecular formula is C22H25BrN2O3S. The normalized spacial score (nSPS) is 23.5. The molecule has 2 aromatic rings. The molecule has 1 aromatic heterocycles. The molecule has 0 spiro atoms. The van der Waals surface area contributed by atoms with E-state index in [1.165, 1.54) is 6.42 Å². The Kier molecular flexibility index (Phi) is 6.25. The number of hydrogen-bond donors (Lipinski definition) is 1. The van der Waals surface area contributed by atoms with Gasteiger partial charge >= 0.3 is 0 Å². The zero-order valence-corrected chi connectivity index (χ0v) is 18.8. The summed E-state index contributed by atoms with van der Waals surface area (Å²) in [5, 5.41) is 3.05. The fourth-order valence-corrected chi connectivity index (χ4v) is 6.11. The van der Waals surface area contributed by atoms with Gasteiger partial charge in [-0.2, -0.15) is 0 Å². The van der Waals surface area contributed by atoms with Crippen molar-refractivity contribution in [2.75, 3.05) is 7.11 Å². The van der Waals surface area contributed by atoms with E-state index in [9.17, 15) is 9.59 Å². The summed E-state index contributed by atoms with van der Waals surface area (Å²) in [5.41, 5.74) is 0.529. The third kappa shape index (κ3) is 4.21. The molecule has 3 atom stereocenters. The molecule has 1 aliphatic heterocycles. The molecular weight excluding hydrogens is 452 g/mol. The smallest absolute Gasteiger partial charge is 0.258 e. The second-order valence-corrected chi connectivity index (χ2v) is 10.2. The lowest BCUT2D eigenvalue weighted by molar-refractivity contribution is -0.125. The van der Waals surface area contributed by atoms with Crippen molar-refractivity contribution in [3.05, 3.63) is 50.6 Å². The van der Waals surface area contributed by atoms with Crippen molar-refractivity contribution >= 4 is 39.1 Å². The summed E-state index contributed by atoms with van der Waals surface area (Å²) in [4.78, 5) is 29.6. The Labute approximate surface area is 183 Å². The lowest BCUT2D eigenvalue weighted by Crippen LogP contribution is -2.49. The van der Waals surface area contributed by atoms with Crippen LogP contribution in [0.3, 0.4) is 0 Å². The fourth-order valence-electron chi connectivity index (χ4n) is 4.69. The largest absolute Gasteiger partial charge is 0.496 e. The highest BCUT2D eigenvalue weighted by molar-refractivity contribution is 9.11. The van der Waals surface area contributed by atoms with Crippen LogP contribution in [0.5, 0.6) is 5.75 Å². The number of hydrogen-bond acceptors (Lipinski definition) is 4. The van der Waals surface area contributed by atoms with Gasteiger partial charge in [0.25, 0.3) is 5.91 Å². The van der Waals surface area contributed by atoms with Crippen LogP contribution in [0.25, 0.3) is 0 Å². The Morgan fingerprint density at radius 1 is 1.21 bits per heavy atom. The molecule has 1 saturated heterocycles. The Bertz CT molecular complexity index is 900. The topological polar surface area (TPSA) is 58.6 Å². The highest BCUT2D eigenvalue weighted by Crippen LogP contribution is 2.41. The summed E-state index contributed by atoms with van der Waals surface area (Å²) in [6.07, 6.45) is 5.07. The maximum Gasteiger partial charge on any atom is 0.258 e. The number of amides is 2. The third-order valence-electron chi connectivity index (χ3n) is 6.03. The van der Waals surface area contributed by atoms with E-state index < -0.39 is 6.04 Å². The fraction of sp³-hybridized carbons (Fsp3) is 0.455. The number of ether oxygens (including phenoxy) is 1. The maximum absolute atomic E-state index is 13.5. The van der Waals surface area contributed by atoms with Crippen LogP contribution in [0.15, 0.2) is 40.2 Å². The Morgan fingerprint density at radius 3 is 2.76 bits per heavy atom. The monoisotopic (exact) mass is 476 g/mol. The second-order valence-electron chi connectivity index (χ2n) is 7.70. The molecule has 2 heterocycles. The van der Waals surface area contributed by atoms with Crippen molar-refractivity contribution in [2.45, 2.75) is 50.7 Å². The summed E-state index contributed by atoms with van der Waals surface area (Å²) >= 11 is 5.06. The van der Waals surface area contributed by atoms with Crippen LogP contribution < -0.4 is 10.1 Å². The first-order valence-electron chi connectivity index (χ1n) is 10.1. The third-order valence-corrected chi connectivity index (χ3v) is 7.65. The summed E-state index contributed by atoms with van der Waals surface area (Å²) < 4.78 is 6.46. The summed E-state index contributed by atoms with van der Waals surface area (Å²) in [7, 11) is 1.57. The van der Waals surface area contributed by atoms with Gasteiger partial charge in [-0.25, -0.2) is 0 Å². The molecule has 1 aliphatic carbocycles. The zero-order valence-electron chi connectivity index (χ0n) is 16.4. The average molecular weight is 477 g/mol. The van der Waals surface area contributed by atoms with Crippen molar-refractivity contribution in [3.63, 3.8) is 0 Å². The number of methoxy groups -OCH3 is 1. The van der Waals surface area contributed by atoms with Crippen molar-refractivity contribution in [2.24, 2.45) is 5.92 Å². The van der Waals surface area contributed by atoms with Crippen LogP contribution in [0.4, 0.5) is 0 Å². The highest BCUT2D eigenvalue weighted by Gasteiger charge is 2.47. The molecule has 7 heteroatoms. The van der Waals surface area contributed by atoms with E-state index in [0.29, 0.717) is 23.8 Å². The summed E-state index contributed by atoms with van der Waals surface area (Å²) in [5.74, 6) is 0.788. The number of halogens is 1. The number of rotatable bonds is 5. The molecule has 1 saturated carbocycles. The Morgan fingerprint density at radius 2 is 2.00 bits per heavy atom. The molecule has 4 rings (SSSR count). The first-order valence-corrected chi connectivity index (χ1v) is 11.7. The zero-order chi connectivity index (χ0) is 20.4. The second kappa shape index (κ2) is 8.88. The van der Waals surface area contributed by atoms with Crippen LogP contribution in [-0.2, 0) is 11.3 Å². The number of para-hydroxylation sites is 1. The van der Waals surface area contributed by atoms with Gasteiger partial charge in [-0.1, -0.05) is 25.0 Å². The standard InChI is InChI=1S/C22H25BrN2O3S/c1-28-19-9-5-3-7-16(19)22(27)25-17-8-4-2-6-14(17)12-18(25)21(26)24-13-15-10-11-20(23)29-15/h3,5,7,9-11,14,17-18H,2,4,6,8,12-13H2,1H3,(H,24,26). The maximum atomic E-state index is 13.5. The van der Waals surface area contributed by atoms with Crippen LogP contribution in [0, 0.1) is 5.92 Å². The number of fused-ring (bicyclic) bond motifs is 1. The van der Waals surface area contributed by atoms with Crippen molar-refractivity contribution in [1.82, 2.24) is 10.2 Å². The number of nitrogens with one attached hydrogen (secondary N) is 1. The first-order chi connectivity index (χ1) is 14.1. The van der Waals surface area contributed by atoms with E-state index in [-0.39, 0.29) is 17.9 Å². The van der Waals surface area contributed by atoms with E-state index in [2.05, 4.69) is 21.2 Å². The lowest BCUT2D eigenvalue weighted by Gasteiger charge is -2.34. The van der Waals surface area contributed by atoms with Gasteiger partial charge in [0.15, 0.2) is 0 Å². The minimum absolute atomic E-state index is 0.0628. The van der Waals surface area contributed by atoms with Gasteiger partial charge in [0, 0.05) is 10.9 Å². The number of carbonyl (C=O) groups is 2. The molecule has 2 amide bonds. The van der Waals surface area contributed by atoms with Crippen LogP contribution in [-0.4, -0.2) is 35.9 Å². The molecule has 29 heavy (non-hydrogen) atoms. The summed E-state index contributed by atoms with van der Waals surface area (Å²) in [6.45, 7) is 0.484. The predicted octanol–water partition coefficient (Wildman–Crippen LogP) is 4.61. The number of carbonyl (C=O) groups excluding carboxylic acids is 2. The number of likely N-dealkylation sites (tertiary alicyclic amines) is 1. The van der Waals surface area contributed by atoms with E-state index in [1.54, 1.807) is 30.6 Å². The van der Waals surface area contributed by atoms with Crippen LogP contribution in [0.2, 0.25) is 0 Å². The Hall–Kier alpha value is -1.86. The summed E-state index contributed by atoms with van der Waals surface area (Å²) in [6, 6.07) is 11.0. The molecule has 2 aliphatic rings. The number of benzene rings is 1. The van der Waals surface area contributed by atoms with Crippen LogP contribution >= 0.6 is 27.3 Å².